The average Bonchev–Trinajstić information content (AvgIpc) is 2.92. The number of rotatable bonds is 5. The maximum atomic E-state index is 13.1. The van der Waals surface area contributed by atoms with Gasteiger partial charge in [-0.15, -0.1) is 11.3 Å². The Bertz CT molecular complexity index is 747. The number of aliphatic hydroxyl groups is 1. The summed E-state index contributed by atoms with van der Waals surface area (Å²) in [5.41, 5.74) is 0.256. The fourth-order valence-corrected chi connectivity index (χ4v) is 7.28. The van der Waals surface area contributed by atoms with Crippen LogP contribution in [0.3, 0.4) is 0 Å². The van der Waals surface area contributed by atoms with Crippen molar-refractivity contribution in [3.63, 3.8) is 0 Å². The molecule has 4 aliphatic rings. The summed E-state index contributed by atoms with van der Waals surface area (Å²) in [6, 6.07) is 1.70. The number of amides is 1. The van der Waals surface area contributed by atoms with E-state index < -0.39 is 15.9 Å². The Balaban J connectivity index is 1.52. The second-order valence-corrected chi connectivity index (χ2v) is 11.6. The molecule has 0 aromatic carbocycles. The van der Waals surface area contributed by atoms with Gasteiger partial charge >= 0.3 is 0 Å². The summed E-state index contributed by atoms with van der Waals surface area (Å²) in [6.07, 6.45) is 6.80. The molecule has 138 valence electrons. The zero-order valence-corrected chi connectivity index (χ0v) is 16.0. The minimum Gasteiger partial charge on any atom is -0.387 e. The third kappa shape index (κ3) is 3.38. The highest BCUT2D eigenvalue weighted by atomic mass is 32.2. The molecule has 1 aromatic rings. The maximum absolute atomic E-state index is 13.1. The summed E-state index contributed by atoms with van der Waals surface area (Å²) in [4.78, 5) is 13.1. The lowest BCUT2D eigenvalue weighted by molar-refractivity contribution is -0.140. The van der Waals surface area contributed by atoms with Gasteiger partial charge in [0, 0.05) is 11.8 Å². The van der Waals surface area contributed by atoms with Crippen LogP contribution in [-0.2, 0) is 14.6 Å². The van der Waals surface area contributed by atoms with E-state index in [1.165, 1.54) is 30.6 Å². The SMILES string of the molecule is CS(=O)(=O)CC(O)c1ccsc1NC(=O)C12CC3CC(CC(C3)C1)C2. The van der Waals surface area contributed by atoms with E-state index in [1.807, 2.05) is 0 Å². The minimum atomic E-state index is -3.29. The fourth-order valence-electron chi connectivity index (χ4n) is 5.68. The number of carbonyl (C=O) groups is 1. The highest BCUT2D eigenvalue weighted by Gasteiger charge is 2.54. The van der Waals surface area contributed by atoms with Crippen molar-refractivity contribution in [3.8, 4) is 0 Å². The Morgan fingerprint density at radius 3 is 2.36 bits per heavy atom. The number of nitrogens with one attached hydrogen (secondary N) is 1. The molecule has 1 unspecified atom stereocenters. The molecule has 4 fully saturated rings. The molecule has 5 rings (SSSR count). The van der Waals surface area contributed by atoms with Gasteiger partial charge in [-0.05, 0) is 67.7 Å². The molecular formula is C18H25NO4S2. The molecule has 0 radical (unpaired) electrons. The van der Waals surface area contributed by atoms with Crippen molar-refractivity contribution in [1.29, 1.82) is 0 Å². The van der Waals surface area contributed by atoms with Gasteiger partial charge in [-0.3, -0.25) is 4.79 Å². The van der Waals surface area contributed by atoms with Gasteiger partial charge in [-0.2, -0.15) is 0 Å². The van der Waals surface area contributed by atoms with Gasteiger partial charge in [-0.1, -0.05) is 0 Å². The summed E-state index contributed by atoms with van der Waals surface area (Å²) in [5.74, 6) is 1.81. The molecule has 2 N–H and O–H groups in total. The molecule has 7 heteroatoms. The quantitative estimate of drug-likeness (QED) is 0.819. The van der Waals surface area contributed by atoms with Crippen LogP contribution in [0.1, 0.15) is 50.2 Å². The van der Waals surface area contributed by atoms with Crippen LogP contribution in [0.15, 0.2) is 11.4 Å². The minimum absolute atomic E-state index is 0.0712. The van der Waals surface area contributed by atoms with E-state index in [0.717, 1.165) is 25.5 Å². The van der Waals surface area contributed by atoms with Gasteiger partial charge in [0.25, 0.3) is 0 Å². The largest absolute Gasteiger partial charge is 0.387 e. The topological polar surface area (TPSA) is 83.5 Å². The van der Waals surface area contributed by atoms with Crippen LogP contribution in [0.5, 0.6) is 0 Å². The number of thiophene rings is 1. The third-order valence-corrected chi connectivity index (χ3v) is 8.03. The van der Waals surface area contributed by atoms with Gasteiger partial charge in [-0.25, -0.2) is 8.42 Å². The summed E-state index contributed by atoms with van der Waals surface area (Å²) in [6.45, 7) is 0. The average molecular weight is 384 g/mol. The fraction of sp³-hybridized carbons (Fsp3) is 0.722. The standard InChI is InChI=1S/C18H25NO4S2/c1-25(22,23)10-15(20)14-2-3-24-16(14)19-17(21)18-7-11-4-12(8-18)6-13(5-11)9-18/h2-3,11-13,15,20H,4-10H2,1H3,(H,19,21). The third-order valence-electron chi connectivity index (χ3n) is 6.26. The summed E-state index contributed by atoms with van der Waals surface area (Å²) >= 11 is 1.35. The lowest BCUT2D eigenvalue weighted by atomic mass is 9.49. The smallest absolute Gasteiger partial charge is 0.231 e. The lowest BCUT2D eigenvalue weighted by Gasteiger charge is -2.55. The Morgan fingerprint density at radius 1 is 1.28 bits per heavy atom. The first kappa shape index (κ1) is 17.5. The van der Waals surface area contributed by atoms with Crippen LogP contribution in [0.4, 0.5) is 5.00 Å². The molecule has 25 heavy (non-hydrogen) atoms. The number of sulfone groups is 1. The van der Waals surface area contributed by atoms with Crippen molar-refractivity contribution in [3.05, 3.63) is 17.0 Å². The Hall–Kier alpha value is -0.920. The van der Waals surface area contributed by atoms with Crippen LogP contribution in [0.2, 0.25) is 0 Å². The summed E-state index contributed by atoms with van der Waals surface area (Å²) in [7, 11) is -3.29. The van der Waals surface area contributed by atoms with Crippen molar-refractivity contribution < 1.29 is 18.3 Å². The van der Waals surface area contributed by atoms with Gasteiger partial charge in [0.05, 0.1) is 17.3 Å². The Labute approximate surface area is 152 Å². The molecule has 4 bridgehead atoms. The van der Waals surface area contributed by atoms with E-state index in [2.05, 4.69) is 5.32 Å². The summed E-state index contributed by atoms with van der Waals surface area (Å²) < 4.78 is 22.9. The highest BCUT2D eigenvalue weighted by Crippen LogP contribution is 2.60. The molecule has 4 saturated carbocycles. The van der Waals surface area contributed by atoms with Crippen LogP contribution in [-0.4, -0.2) is 31.4 Å². The molecule has 4 aliphatic carbocycles. The molecule has 5 nitrogen and oxygen atoms in total. The molecule has 1 heterocycles. The first-order valence-corrected chi connectivity index (χ1v) is 11.9. The molecule has 0 aliphatic heterocycles. The zero-order valence-electron chi connectivity index (χ0n) is 14.4. The first-order chi connectivity index (χ1) is 11.7. The van der Waals surface area contributed by atoms with E-state index >= 15 is 0 Å². The normalized spacial score (nSPS) is 34.9. The van der Waals surface area contributed by atoms with Gasteiger partial charge in [0.1, 0.15) is 14.8 Å². The number of hydrogen-bond donors (Lipinski definition) is 2. The van der Waals surface area contributed by atoms with E-state index in [1.54, 1.807) is 11.4 Å². The monoisotopic (exact) mass is 383 g/mol. The Kier molecular flexibility index (Phi) is 4.24. The van der Waals surface area contributed by atoms with E-state index in [4.69, 9.17) is 0 Å². The summed E-state index contributed by atoms with van der Waals surface area (Å²) in [5, 5.41) is 15.7. The number of aliphatic hydroxyl groups excluding tert-OH is 1. The van der Waals surface area contributed by atoms with Crippen molar-refractivity contribution in [2.24, 2.45) is 23.2 Å². The predicted molar refractivity (Wildman–Crippen MR) is 98.2 cm³/mol. The van der Waals surface area contributed by atoms with Crippen molar-refractivity contribution in [1.82, 2.24) is 0 Å². The molecular weight excluding hydrogens is 358 g/mol. The van der Waals surface area contributed by atoms with Crippen LogP contribution in [0, 0.1) is 23.2 Å². The second kappa shape index (κ2) is 6.06. The van der Waals surface area contributed by atoms with Crippen LogP contribution < -0.4 is 5.32 Å². The molecule has 1 amide bonds. The molecule has 1 aromatic heterocycles. The second-order valence-electron chi connectivity index (χ2n) is 8.47. The predicted octanol–water partition coefficient (Wildman–Crippen LogP) is 2.98. The number of carbonyl (C=O) groups excluding carboxylic acids is 1. The van der Waals surface area contributed by atoms with E-state index in [9.17, 15) is 18.3 Å². The first-order valence-electron chi connectivity index (χ1n) is 8.99. The van der Waals surface area contributed by atoms with Gasteiger partial charge in [0.2, 0.25) is 5.91 Å². The lowest BCUT2D eigenvalue weighted by Crippen LogP contribution is -2.51. The molecule has 1 atom stereocenters. The molecule has 0 saturated heterocycles. The zero-order chi connectivity index (χ0) is 17.8. The van der Waals surface area contributed by atoms with Crippen molar-refractivity contribution >= 4 is 32.1 Å². The van der Waals surface area contributed by atoms with Crippen molar-refractivity contribution in [2.45, 2.75) is 44.6 Å². The molecule has 0 spiro atoms. The maximum Gasteiger partial charge on any atom is 0.231 e. The van der Waals surface area contributed by atoms with Crippen LogP contribution in [0.25, 0.3) is 0 Å². The number of hydrogen-bond acceptors (Lipinski definition) is 5. The number of anilines is 1. The van der Waals surface area contributed by atoms with Gasteiger partial charge in [0.15, 0.2) is 0 Å². The van der Waals surface area contributed by atoms with E-state index in [-0.39, 0.29) is 17.1 Å². The van der Waals surface area contributed by atoms with Gasteiger partial charge < -0.3 is 10.4 Å². The van der Waals surface area contributed by atoms with Crippen molar-refractivity contribution in [2.75, 3.05) is 17.3 Å². The van der Waals surface area contributed by atoms with E-state index in [0.29, 0.717) is 28.3 Å². The Morgan fingerprint density at radius 2 is 1.84 bits per heavy atom. The van der Waals surface area contributed by atoms with Crippen LogP contribution >= 0.6 is 11.3 Å². The highest BCUT2D eigenvalue weighted by molar-refractivity contribution is 7.90.